The minimum absolute atomic E-state index is 0.241. The van der Waals surface area contributed by atoms with E-state index in [9.17, 15) is 4.39 Å². The van der Waals surface area contributed by atoms with Crippen molar-refractivity contribution in [3.8, 4) is 6.07 Å². The van der Waals surface area contributed by atoms with Crippen molar-refractivity contribution in [1.82, 2.24) is 0 Å². The van der Waals surface area contributed by atoms with E-state index in [1.54, 1.807) is 25.1 Å². The van der Waals surface area contributed by atoms with Crippen LogP contribution in [-0.4, -0.2) is 0 Å². The van der Waals surface area contributed by atoms with Gasteiger partial charge in [-0.05, 0) is 30.2 Å². The van der Waals surface area contributed by atoms with Crippen molar-refractivity contribution in [2.45, 2.75) is 6.92 Å². The highest BCUT2D eigenvalue weighted by molar-refractivity contribution is 5.55. The Morgan fingerprint density at radius 2 is 2.25 bits per heavy atom. The fourth-order valence-electron chi connectivity index (χ4n) is 0.932. The van der Waals surface area contributed by atoms with Crippen LogP contribution in [0.5, 0.6) is 0 Å². The third kappa shape index (κ3) is 1.70. The van der Waals surface area contributed by atoms with Crippen LogP contribution in [0.3, 0.4) is 0 Å². The summed E-state index contributed by atoms with van der Waals surface area (Å²) >= 11 is 0. The summed E-state index contributed by atoms with van der Waals surface area (Å²) in [6.45, 7) is 1.69. The van der Waals surface area contributed by atoms with Crippen molar-refractivity contribution < 1.29 is 4.39 Å². The summed E-state index contributed by atoms with van der Waals surface area (Å²) in [6.07, 6.45) is 2.93. The highest BCUT2D eigenvalue weighted by Gasteiger charge is 1.98. The number of hydrogen-bond acceptors (Lipinski definition) is 1. The molecule has 0 aromatic heterocycles. The molecule has 0 spiro atoms. The largest absolute Gasteiger partial charge is 0.207 e. The van der Waals surface area contributed by atoms with Crippen molar-refractivity contribution in [2.75, 3.05) is 0 Å². The number of nitrogens with zero attached hydrogens (tertiary/aromatic N) is 1. The smallest absolute Gasteiger partial charge is 0.126 e. The standard InChI is InChI=1S/C10H8FN/c1-8-9(5-3-7-12)4-2-6-10(8)11/h2-6H,1H3/b5-3+. The molecule has 12 heavy (non-hydrogen) atoms. The Hall–Kier alpha value is -1.62. The topological polar surface area (TPSA) is 23.8 Å². The van der Waals surface area contributed by atoms with Crippen LogP contribution >= 0.6 is 0 Å². The number of benzene rings is 1. The Bertz CT molecular complexity index is 347. The molecule has 0 heterocycles. The number of allylic oxidation sites excluding steroid dienone is 1. The van der Waals surface area contributed by atoms with Crippen LogP contribution in [0.25, 0.3) is 6.08 Å². The monoisotopic (exact) mass is 161 g/mol. The molecule has 0 aliphatic carbocycles. The highest BCUT2D eigenvalue weighted by Crippen LogP contribution is 2.12. The van der Waals surface area contributed by atoms with Crippen LogP contribution in [0.1, 0.15) is 11.1 Å². The average Bonchev–Trinajstić information content (AvgIpc) is 2.08. The van der Waals surface area contributed by atoms with Crippen LogP contribution in [0, 0.1) is 24.1 Å². The van der Waals surface area contributed by atoms with Gasteiger partial charge in [0.25, 0.3) is 0 Å². The van der Waals surface area contributed by atoms with Crippen LogP contribution in [0.4, 0.5) is 4.39 Å². The predicted molar refractivity (Wildman–Crippen MR) is 45.8 cm³/mol. The maximum absolute atomic E-state index is 12.9. The van der Waals surface area contributed by atoms with Gasteiger partial charge in [0, 0.05) is 6.08 Å². The number of rotatable bonds is 1. The molecule has 60 valence electrons. The molecular formula is C10H8FN. The molecule has 0 aliphatic rings. The SMILES string of the molecule is Cc1c(F)cccc1/C=C/C#N. The van der Waals surface area contributed by atoms with Crippen molar-refractivity contribution in [1.29, 1.82) is 5.26 Å². The van der Waals surface area contributed by atoms with Gasteiger partial charge in [-0.15, -0.1) is 0 Å². The summed E-state index contributed by atoms with van der Waals surface area (Å²) in [6, 6.07) is 6.66. The zero-order chi connectivity index (χ0) is 8.97. The first-order valence-corrected chi connectivity index (χ1v) is 3.57. The minimum Gasteiger partial charge on any atom is -0.207 e. The first kappa shape index (κ1) is 8.48. The molecule has 1 aromatic carbocycles. The van der Waals surface area contributed by atoms with Gasteiger partial charge in [-0.2, -0.15) is 5.26 Å². The molecule has 1 rings (SSSR count). The Labute approximate surface area is 70.8 Å². The second-order valence-corrected chi connectivity index (χ2v) is 2.42. The summed E-state index contributed by atoms with van der Waals surface area (Å²) in [5, 5.41) is 8.26. The molecule has 0 radical (unpaired) electrons. The maximum Gasteiger partial charge on any atom is 0.126 e. The number of halogens is 1. The zero-order valence-corrected chi connectivity index (χ0v) is 6.71. The van der Waals surface area contributed by atoms with E-state index < -0.39 is 0 Å². The van der Waals surface area contributed by atoms with Gasteiger partial charge in [-0.25, -0.2) is 4.39 Å². The molecule has 0 saturated heterocycles. The average molecular weight is 161 g/mol. The maximum atomic E-state index is 12.9. The lowest BCUT2D eigenvalue weighted by Crippen LogP contribution is -1.84. The van der Waals surface area contributed by atoms with E-state index in [0.717, 1.165) is 5.56 Å². The first-order valence-electron chi connectivity index (χ1n) is 3.57. The highest BCUT2D eigenvalue weighted by atomic mass is 19.1. The van der Waals surface area contributed by atoms with E-state index in [2.05, 4.69) is 0 Å². The molecule has 2 heteroatoms. The summed E-state index contributed by atoms with van der Waals surface area (Å²) < 4.78 is 12.9. The third-order valence-corrected chi connectivity index (χ3v) is 1.65. The normalized spacial score (nSPS) is 10.1. The summed E-state index contributed by atoms with van der Waals surface area (Å²) in [7, 11) is 0. The molecule has 0 bridgehead atoms. The van der Waals surface area contributed by atoms with Crippen LogP contribution in [0.2, 0.25) is 0 Å². The molecule has 0 unspecified atom stereocenters. The predicted octanol–water partition coefficient (Wildman–Crippen LogP) is 2.67. The van der Waals surface area contributed by atoms with Gasteiger partial charge in [0.15, 0.2) is 0 Å². The van der Waals surface area contributed by atoms with Crippen molar-refractivity contribution >= 4 is 6.08 Å². The van der Waals surface area contributed by atoms with Crippen LogP contribution in [-0.2, 0) is 0 Å². The fourth-order valence-corrected chi connectivity index (χ4v) is 0.932. The molecule has 0 saturated carbocycles. The quantitative estimate of drug-likeness (QED) is 0.581. The van der Waals surface area contributed by atoms with Crippen molar-refractivity contribution in [3.63, 3.8) is 0 Å². The molecule has 0 amide bonds. The second-order valence-electron chi connectivity index (χ2n) is 2.42. The van der Waals surface area contributed by atoms with E-state index in [1.807, 2.05) is 6.07 Å². The molecule has 0 aliphatic heterocycles. The van der Waals surface area contributed by atoms with Crippen molar-refractivity contribution in [2.24, 2.45) is 0 Å². The van der Waals surface area contributed by atoms with Gasteiger partial charge >= 0.3 is 0 Å². The third-order valence-electron chi connectivity index (χ3n) is 1.65. The van der Waals surface area contributed by atoms with Crippen molar-refractivity contribution in [3.05, 3.63) is 41.2 Å². The van der Waals surface area contributed by atoms with Crippen LogP contribution in [0.15, 0.2) is 24.3 Å². The lowest BCUT2D eigenvalue weighted by Gasteiger charge is -1.99. The molecule has 1 aromatic rings. The van der Waals surface area contributed by atoms with Gasteiger partial charge in [0.2, 0.25) is 0 Å². The molecular weight excluding hydrogens is 153 g/mol. The Morgan fingerprint density at radius 3 is 2.92 bits per heavy atom. The Morgan fingerprint density at radius 1 is 1.50 bits per heavy atom. The molecule has 1 nitrogen and oxygen atoms in total. The number of hydrogen-bond donors (Lipinski definition) is 0. The van der Waals surface area contributed by atoms with E-state index in [4.69, 9.17) is 5.26 Å². The Kier molecular flexibility index (Phi) is 2.60. The minimum atomic E-state index is -0.241. The van der Waals surface area contributed by atoms with Gasteiger partial charge in [-0.1, -0.05) is 12.1 Å². The Balaban J connectivity index is 3.10. The fraction of sp³-hybridized carbons (Fsp3) is 0.100. The lowest BCUT2D eigenvalue weighted by atomic mass is 10.1. The summed E-state index contributed by atoms with van der Waals surface area (Å²) in [4.78, 5) is 0. The summed E-state index contributed by atoms with van der Waals surface area (Å²) in [5.41, 5.74) is 1.32. The van der Waals surface area contributed by atoms with E-state index in [1.165, 1.54) is 12.1 Å². The summed E-state index contributed by atoms with van der Waals surface area (Å²) in [5.74, 6) is -0.241. The van der Waals surface area contributed by atoms with Gasteiger partial charge in [0.1, 0.15) is 5.82 Å². The van der Waals surface area contributed by atoms with Crippen LogP contribution < -0.4 is 0 Å². The molecule has 0 atom stereocenters. The zero-order valence-electron chi connectivity index (χ0n) is 6.71. The first-order chi connectivity index (χ1) is 5.75. The number of nitriles is 1. The van der Waals surface area contributed by atoms with E-state index in [0.29, 0.717) is 5.56 Å². The van der Waals surface area contributed by atoms with E-state index >= 15 is 0 Å². The van der Waals surface area contributed by atoms with Gasteiger partial charge in [0.05, 0.1) is 6.07 Å². The van der Waals surface area contributed by atoms with Gasteiger partial charge in [-0.3, -0.25) is 0 Å². The van der Waals surface area contributed by atoms with Gasteiger partial charge < -0.3 is 0 Å². The lowest BCUT2D eigenvalue weighted by molar-refractivity contribution is 0.618. The molecule has 0 N–H and O–H groups in total. The molecule has 0 fully saturated rings. The second kappa shape index (κ2) is 3.68. The van der Waals surface area contributed by atoms with E-state index in [-0.39, 0.29) is 5.82 Å².